The Morgan fingerprint density at radius 1 is 0.744 bits per heavy atom. The van der Waals surface area contributed by atoms with E-state index in [1.807, 2.05) is 78.9 Å². The van der Waals surface area contributed by atoms with E-state index < -0.39 is 23.9 Å². The lowest BCUT2D eigenvalue weighted by Crippen LogP contribution is -2.50. The van der Waals surface area contributed by atoms with Crippen LogP contribution in [0.5, 0.6) is 5.75 Å². The summed E-state index contributed by atoms with van der Waals surface area (Å²) < 4.78 is 36.0. The maximum absolute atomic E-state index is 15.0. The van der Waals surface area contributed by atoms with Gasteiger partial charge in [0.2, 0.25) is 0 Å². The molecule has 1 saturated carbocycles. The number of halogens is 2. The molecule has 1 aliphatic heterocycles. The van der Waals surface area contributed by atoms with E-state index in [2.05, 4.69) is 21.9 Å². The minimum absolute atomic E-state index is 0.0391. The first-order valence-corrected chi connectivity index (χ1v) is 13.8. The summed E-state index contributed by atoms with van der Waals surface area (Å²) in [7, 11) is 0. The van der Waals surface area contributed by atoms with Crippen LogP contribution in [0, 0.1) is 0 Å². The molecule has 7 rings (SSSR count). The molecule has 0 aromatic heterocycles. The molecule has 6 heteroatoms. The molecule has 1 N–H and O–H groups in total. The number of alkyl halides is 2. The minimum atomic E-state index is -2.69. The van der Waals surface area contributed by atoms with Crippen molar-refractivity contribution in [1.29, 1.82) is 0 Å². The van der Waals surface area contributed by atoms with E-state index in [0.29, 0.717) is 6.54 Å². The maximum atomic E-state index is 15.0. The molecule has 1 saturated heterocycles. The second-order valence-electron chi connectivity index (χ2n) is 11.1. The Morgan fingerprint density at radius 3 is 1.97 bits per heavy atom. The Bertz CT molecular complexity index is 1440. The highest BCUT2D eigenvalue weighted by Gasteiger charge is 2.71. The van der Waals surface area contributed by atoms with Gasteiger partial charge in [0.1, 0.15) is 18.5 Å². The van der Waals surface area contributed by atoms with Crippen LogP contribution in [0.25, 0.3) is 10.8 Å². The Hall–Kier alpha value is -3.32. The number of β-amino-alcohol motifs (C(OH)–C–C–N with tert-alkyl or cyclic N) is 1. The van der Waals surface area contributed by atoms with Crippen molar-refractivity contribution in [3.63, 3.8) is 0 Å². The summed E-state index contributed by atoms with van der Waals surface area (Å²) >= 11 is 0. The number of ether oxygens (including phenoxy) is 1. The molecular weight excluding hydrogens is 494 g/mol. The number of fused-ring (bicyclic) bond motifs is 6. The first-order chi connectivity index (χ1) is 19.0. The Balaban J connectivity index is 1.04. The number of benzene rings is 4. The Morgan fingerprint density at radius 2 is 1.31 bits per heavy atom. The lowest BCUT2D eigenvalue weighted by atomic mass is 9.90. The van der Waals surface area contributed by atoms with Crippen LogP contribution >= 0.6 is 0 Å². The normalized spacial score (nSPS) is 24.7. The van der Waals surface area contributed by atoms with E-state index in [1.54, 1.807) is 0 Å². The zero-order valence-corrected chi connectivity index (χ0v) is 21.7. The Kier molecular flexibility index (Phi) is 6.14. The molecule has 3 atom stereocenters. The summed E-state index contributed by atoms with van der Waals surface area (Å²) in [6.07, 6.45) is -0.607. The second-order valence-corrected chi connectivity index (χ2v) is 11.1. The van der Waals surface area contributed by atoms with Gasteiger partial charge in [-0.15, -0.1) is 0 Å². The van der Waals surface area contributed by atoms with Crippen LogP contribution in [0.3, 0.4) is 0 Å². The van der Waals surface area contributed by atoms with Crippen molar-refractivity contribution in [2.24, 2.45) is 0 Å². The van der Waals surface area contributed by atoms with E-state index in [0.717, 1.165) is 65.0 Å². The monoisotopic (exact) mass is 526 g/mol. The number of hydrogen-bond acceptors (Lipinski definition) is 4. The number of nitrogens with zero attached hydrogens (tertiary/aromatic N) is 2. The van der Waals surface area contributed by atoms with Crippen molar-refractivity contribution < 1.29 is 18.6 Å². The molecule has 1 heterocycles. The van der Waals surface area contributed by atoms with Gasteiger partial charge in [-0.05, 0) is 33.7 Å². The molecule has 3 aliphatic rings. The molecule has 2 fully saturated rings. The minimum Gasteiger partial charge on any atom is -0.490 e. The van der Waals surface area contributed by atoms with Gasteiger partial charge in [0, 0.05) is 38.1 Å². The van der Waals surface area contributed by atoms with Crippen molar-refractivity contribution in [2.75, 3.05) is 39.3 Å². The molecule has 200 valence electrons. The van der Waals surface area contributed by atoms with Crippen molar-refractivity contribution in [1.82, 2.24) is 9.80 Å². The summed E-state index contributed by atoms with van der Waals surface area (Å²) in [6, 6.07) is 29.6. The van der Waals surface area contributed by atoms with Crippen LogP contribution in [0.15, 0.2) is 91.0 Å². The molecule has 39 heavy (non-hydrogen) atoms. The van der Waals surface area contributed by atoms with Crippen LogP contribution in [0.1, 0.15) is 40.1 Å². The van der Waals surface area contributed by atoms with Gasteiger partial charge in [-0.2, -0.15) is 0 Å². The van der Waals surface area contributed by atoms with E-state index in [9.17, 15) is 13.9 Å². The predicted octanol–water partition coefficient (Wildman–Crippen LogP) is 5.82. The fraction of sp³-hybridized carbons (Fsp3) is 0.333. The molecule has 2 unspecified atom stereocenters. The van der Waals surface area contributed by atoms with Gasteiger partial charge in [0.15, 0.2) is 0 Å². The number of rotatable bonds is 6. The molecule has 4 aromatic carbocycles. The summed E-state index contributed by atoms with van der Waals surface area (Å²) in [5.41, 5.74) is 3.59. The van der Waals surface area contributed by atoms with Gasteiger partial charge >= 0.3 is 0 Å². The Labute approximate surface area is 227 Å². The van der Waals surface area contributed by atoms with Gasteiger partial charge in [-0.3, -0.25) is 9.80 Å². The smallest absolute Gasteiger partial charge is 0.263 e. The predicted molar refractivity (Wildman–Crippen MR) is 149 cm³/mol. The van der Waals surface area contributed by atoms with E-state index in [-0.39, 0.29) is 12.6 Å². The topological polar surface area (TPSA) is 35.9 Å². The standard InChI is InChI=1S/C33H32F2N2O2/c34-33(35)30-25-11-3-5-13-27(25)32(28-14-6-4-12-26(28)31(30)33)37-18-16-36(17-19-37)20-23(38)21-39-29-15-7-9-22-8-1-2-10-24(22)29/h1-15,23,30-32,38H,16-21H2/t23-,30?,31?,32?/m1/s1. The fourth-order valence-corrected chi connectivity index (χ4v) is 6.81. The van der Waals surface area contributed by atoms with E-state index in [1.165, 1.54) is 0 Å². The zero-order valence-electron chi connectivity index (χ0n) is 21.7. The van der Waals surface area contributed by atoms with Crippen molar-refractivity contribution in [3.8, 4) is 5.75 Å². The molecule has 0 bridgehead atoms. The third-order valence-electron chi connectivity index (χ3n) is 8.73. The third kappa shape index (κ3) is 4.31. The zero-order chi connectivity index (χ0) is 26.6. The highest BCUT2D eigenvalue weighted by atomic mass is 19.3. The average Bonchev–Trinajstić information content (AvgIpc) is 3.58. The van der Waals surface area contributed by atoms with E-state index in [4.69, 9.17) is 4.74 Å². The first-order valence-electron chi connectivity index (χ1n) is 13.8. The van der Waals surface area contributed by atoms with Gasteiger partial charge in [-0.1, -0.05) is 84.9 Å². The summed E-state index contributed by atoms with van der Waals surface area (Å²) in [4.78, 5) is 4.70. The van der Waals surface area contributed by atoms with Crippen LogP contribution in [-0.2, 0) is 0 Å². The van der Waals surface area contributed by atoms with Gasteiger partial charge in [-0.25, -0.2) is 8.78 Å². The SMILES string of the molecule is O[C@@H](COc1cccc2ccccc12)CN1CCN(C2c3ccccc3C3C(c4ccccc42)C3(F)F)CC1. The van der Waals surface area contributed by atoms with Gasteiger partial charge in [0.25, 0.3) is 5.92 Å². The fourth-order valence-electron chi connectivity index (χ4n) is 6.81. The number of aliphatic hydroxyl groups is 1. The van der Waals surface area contributed by atoms with E-state index >= 15 is 0 Å². The number of hydrogen-bond donors (Lipinski definition) is 1. The first kappa shape index (κ1) is 24.7. The summed E-state index contributed by atoms with van der Waals surface area (Å²) in [5.74, 6) is -3.39. The van der Waals surface area contributed by atoms with Crippen LogP contribution in [0.2, 0.25) is 0 Å². The van der Waals surface area contributed by atoms with Crippen LogP contribution in [-0.4, -0.2) is 66.3 Å². The van der Waals surface area contributed by atoms with Crippen molar-refractivity contribution in [2.45, 2.75) is 29.9 Å². The quantitative estimate of drug-likeness (QED) is 0.344. The highest BCUT2D eigenvalue weighted by molar-refractivity contribution is 5.88. The molecule has 0 radical (unpaired) electrons. The molecule has 4 nitrogen and oxygen atoms in total. The average molecular weight is 527 g/mol. The summed E-state index contributed by atoms with van der Waals surface area (Å²) in [5, 5.41) is 12.9. The lowest BCUT2D eigenvalue weighted by molar-refractivity contribution is 0.0400. The second kappa shape index (κ2) is 9.70. The summed E-state index contributed by atoms with van der Waals surface area (Å²) in [6.45, 7) is 3.97. The molecule has 4 aromatic rings. The van der Waals surface area contributed by atoms with Gasteiger partial charge in [0.05, 0.1) is 17.9 Å². The van der Waals surface area contributed by atoms with Gasteiger partial charge < -0.3 is 9.84 Å². The lowest BCUT2D eigenvalue weighted by Gasteiger charge is -2.41. The number of aliphatic hydroxyl groups excluding tert-OH is 1. The number of piperazine rings is 1. The van der Waals surface area contributed by atoms with Crippen LogP contribution in [0.4, 0.5) is 8.78 Å². The largest absolute Gasteiger partial charge is 0.490 e. The highest BCUT2D eigenvalue weighted by Crippen LogP contribution is 2.70. The molecule has 0 amide bonds. The maximum Gasteiger partial charge on any atom is 0.263 e. The van der Waals surface area contributed by atoms with Crippen LogP contribution < -0.4 is 4.74 Å². The molecule has 2 aliphatic carbocycles. The molecule has 0 spiro atoms. The molecular formula is C33H32F2N2O2. The van der Waals surface area contributed by atoms with Crippen molar-refractivity contribution >= 4 is 10.8 Å². The third-order valence-corrected chi connectivity index (χ3v) is 8.73. The van der Waals surface area contributed by atoms with Crippen molar-refractivity contribution in [3.05, 3.63) is 113 Å².